The molecule has 0 amide bonds. The van der Waals surface area contributed by atoms with E-state index in [9.17, 15) is 5.26 Å². The van der Waals surface area contributed by atoms with Crippen LogP contribution >= 0.6 is 0 Å². The Labute approximate surface area is 99.7 Å². The quantitative estimate of drug-likeness (QED) is 0.799. The Morgan fingerprint density at radius 3 is 2.65 bits per heavy atom. The summed E-state index contributed by atoms with van der Waals surface area (Å²) in [6.45, 7) is 4.03. The summed E-state index contributed by atoms with van der Waals surface area (Å²) in [5.41, 5.74) is 2.43. The Balaban J connectivity index is 2.67. The first kappa shape index (κ1) is 11.3. The molecule has 0 aliphatic heterocycles. The summed E-state index contributed by atoms with van der Waals surface area (Å²) in [5.74, 6) is 0.506. The zero-order valence-electron chi connectivity index (χ0n) is 9.88. The van der Waals surface area contributed by atoms with Crippen LogP contribution in [0.3, 0.4) is 0 Å². The van der Waals surface area contributed by atoms with Gasteiger partial charge in [0.05, 0.1) is 5.69 Å². The van der Waals surface area contributed by atoms with Crippen LogP contribution in [0.15, 0.2) is 18.5 Å². The van der Waals surface area contributed by atoms with Gasteiger partial charge in [0.1, 0.15) is 11.6 Å². The molecule has 86 valence electrons. The van der Waals surface area contributed by atoms with Crippen molar-refractivity contribution in [1.29, 1.82) is 5.26 Å². The van der Waals surface area contributed by atoms with E-state index in [0.29, 0.717) is 11.4 Å². The zero-order valence-corrected chi connectivity index (χ0v) is 9.88. The first-order valence-corrected chi connectivity index (χ1v) is 5.60. The van der Waals surface area contributed by atoms with Gasteiger partial charge in [-0.1, -0.05) is 13.8 Å². The lowest BCUT2D eigenvalue weighted by molar-refractivity contribution is 0.778. The third-order valence-corrected chi connectivity index (χ3v) is 2.66. The van der Waals surface area contributed by atoms with E-state index in [-0.39, 0.29) is 0 Å². The van der Waals surface area contributed by atoms with E-state index in [1.165, 1.54) is 0 Å². The van der Waals surface area contributed by atoms with Gasteiger partial charge in [0.15, 0.2) is 5.82 Å². The Kier molecular flexibility index (Phi) is 3.15. The summed E-state index contributed by atoms with van der Waals surface area (Å²) in [7, 11) is 0. The molecule has 2 aromatic rings. The first-order valence-electron chi connectivity index (χ1n) is 5.60. The van der Waals surface area contributed by atoms with Crippen LogP contribution in [0, 0.1) is 11.3 Å². The normalized spacial score (nSPS) is 10.2. The Morgan fingerprint density at radius 1 is 1.29 bits per heavy atom. The highest BCUT2D eigenvalue weighted by Gasteiger charge is 2.15. The van der Waals surface area contributed by atoms with E-state index < -0.39 is 0 Å². The average molecular weight is 227 g/mol. The molecule has 5 nitrogen and oxygen atoms in total. The van der Waals surface area contributed by atoms with Gasteiger partial charge in [-0.05, 0) is 24.5 Å². The van der Waals surface area contributed by atoms with E-state index >= 15 is 0 Å². The van der Waals surface area contributed by atoms with Gasteiger partial charge in [0.2, 0.25) is 0 Å². The van der Waals surface area contributed by atoms with E-state index in [0.717, 1.165) is 24.1 Å². The maximum Gasteiger partial charge on any atom is 0.193 e. The van der Waals surface area contributed by atoms with Crippen LogP contribution in [0.5, 0.6) is 0 Å². The fourth-order valence-electron chi connectivity index (χ4n) is 1.83. The smallest absolute Gasteiger partial charge is 0.193 e. The highest BCUT2D eigenvalue weighted by molar-refractivity contribution is 5.49. The largest absolute Gasteiger partial charge is 0.220 e. The van der Waals surface area contributed by atoms with Gasteiger partial charge in [-0.3, -0.25) is 0 Å². The summed E-state index contributed by atoms with van der Waals surface area (Å²) >= 11 is 0. The zero-order chi connectivity index (χ0) is 12.3. The first-order chi connectivity index (χ1) is 8.31. The van der Waals surface area contributed by atoms with Crippen LogP contribution in [-0.4, -0.2) is 20.0 Å². The second-order valence-electron chi connectivity index (χ2n) is 3.59. The van der Waals surface area contributed by atoms with Gasteiger partial charge in [-0.25, -0.2) is 4.68 Å². The van der Waals surface area contributed by atoms with E-state index in [1.54, 1.807) is 23.1 Å². The van der Waals surface area contributed by atoms with Crippen molar-refractivity contribution in [2.24, 2.45) is 0 Å². The van der Waals surface area contributed by atoms with Crippen LogP contribution < -0.4 is 0 Å². The summed E-state index contributed by atoms with van der Waals surface area (Å²) in [6.07, 6.45) is 4.97. The number of nitrogens with zero attached hydrogens (tertiary/aromatic N) is 5. The molecule has 0 atom stereocenters. The highest BCUT2D eigenvalue weighted by atomic mass is 15.3. The van der Waals surface area contributed by atoms with Crippen LogP contribution in [0.2, 0.25) is 0 Å². The molecular formula is C12H13N5. The molecule has 17 heavy (non-hydrogen) atoms. The van der Waals surface area contributed by atoms with Crippen molar-refractivity contribution in [3.05, 3.63) is 35.3 Å². The topological polar surface area (TPSA) is 67.4 Å². The van der Waals surface area contributed by atoms with Crippen molar-refractivity contribution in [3.8, 4) is 11.9 Å². The maximum atomic E-state index is 9.29. The fraction of sp³-hybridized carbons (Fsp3) is 0.333. The molecule has 2 rings (SSSR count). The van der Waals surface area contributed by atoms with E-state index in [2.05, 4.69) is 21.4 Å². The maximum absolute atomic E-state index is 9.29. The van der Waals surface area contributed by atoms with Gasteiger partial charge in [-0.2, -0.15) is 15.5 Å². The van der Waals surface area contributed by atoms with Crippen molar-refractivity contribution in [2.45, 2.75) is 26.7 Å². The van der Waals surface area contributed by atoms with Gasteiger partial charge in [0, 0.05) is 12.4 Å². The average Bonchev–Trinajstić information content (AvgIpc) is 2.90. The molecule has 0 aromatic carbocycles. The monoisotopic (exact) mass is 227 g/mol. The fourth-order valence-corrected chi connectivity index (χ4v) is 1.83. The summed E-state index contributed by atoms with van der Waals surface area (Å²) in [5, 5.41) is 21.6. The summed E-state index contributed by atoms with van der Waals surface area (Å²) in [6, 6.07) is 4.01. The lowest BCUT2D eigenvalue weighted by Crippen LogP contribution is -2.10. The minimum Gasteiger partial charge on any atom is -0.220 e. The number of rotatable bonds is 3. The van der Waals surface area contributed by atoms with Gasteiger partial charge in [0.25, 0.3) is 0 Å². The Morgan fingerprint density at radius 2 is 2.12 bits per heavy atom. The van der Waals surface area contributed by atoms with Crippen molar-refractivity contribution < 1.29 is 0 Å². The van der Waals surface area contributed by atoms with Crippen molar-refractivity contribution >= 4 is 0 Å². The molecular weight excluding hydrogens is 214 g/mol. The number of nitriles is 1. The molecule has 0 spiro atoms. The molecule has 0 aliphatic rings. The van der Waals surface area contributed by atoms with Gasteiger partial charge in [-0.15, -0.1) is 5.10 Å². The van der Waals surface area contributed by atoms with Crippen molar-refractivity contribution in [2.75, 3.05) is 0 Å². The van der Waals surface area contributed by atoms with Crippen LogP contribution in [0.4, 0.5) is 0 Å². The highest BCUT2D eigenvalue weighted by Crippen LogP contribution is 2.18. The van der Waals surface area contributed by atoms with Crippen molar-refractivity contribution in [3.63, 3.8) is 0 Å². The lowest BCUT2D eigenvalue weighted by atomic mass is 10.0. The molecule has 0 saturated heterocycles. The molecule has 0 bridgehead atoms. The molecule has 0 radical (unpaired) electrons. The van der Waals surface area contributed by atoms with Crippen molar-refractivity contribution in [1.82, 2.24) is 20.0 Å². The molecule has 0 fully saturated rings. The second-order valence-corrected chi connectivity index (χ2v) is 3.59. The summed E-state index contributed by atoms with van der Waals surface area (Å²) in [4.78, 5) is 0. The Hall–Kier alpha value is -2.22. The van der Waals surface area contributed by atoms with Crippen LogP contribution in [-0.2, 0) is 12.8 Å². The third kappa shape index (κ3) is 1.89. The molecule has 5 heteroatoms. The molecule has 0 N–H and O–H groups in total. The number of hydrogen-bond acceptors (Lipinski definition) is 4. The summed E-state index contributed by atoms with van der Waals surface area (Å²) < 4.78 is 1.57. The van der Waals surface area contributed by atoms with Gasteiger partial charge < -0.3 is 0 Å². The number of aryl methyl sites for hydroxylation is 1. The van der Waals surface area contributed by atoms with Gasteiger partial charge >= 0.3 is 0 Å². The molecule has 2 aromatic heterocycles. The molecule has 2 heterocycles. The van der Waals surface area contributed by atoms with E-state index in [4.69, 9.17) is 0 Å². The second kappa shape index (κ2) is 4.74. The number of hydrogen-bond donors (Lipinski definition) is 0. The predicted octanol–water partition coefficient (Wildman–Crippen LogP) is 1.66. The number of aromatic nitrogens is 4. The third-order valence-electron chi connectivity index (χ3n) is 2.66. The SMILES string of the molecule is CCc1nnc(-n2cccn2)c(C#N)c1CC. The predicted molar refractivity (Wildman–Crippen MR) is 62.6 cm³/mol. The molecule has 0 saturated carbocycles. The van der Waals surface area contributed by atoms with Crippen LogP contribution in [0.25, 0.3) is 5.82 Å². The molecule has 0 aliphatic carbocycles. The Bertz CT molecular complexity index is 551. The van der Waals surface area contributed by atoms with E-state index in [1.807, 2.05) is 13.8 Å². The minimum absolute atomic E-state index is 0.506. The standard InChI is InChI=1S/C12H13N5/c1-3-9-10(8-13)12(16-15-11(9)4-2)17-7-5-6-14-17/h5-7H,3-4H2,1-2H3. The molecule has 0 unspecified atom stereocenters. The lowest BCUT2D eigenvalue weighted by Gasteiger charge is -2.09. The van der Waals surface area contributed by atoms with Crippen LogP contribution in [0.1, 0.15) is 30.7 Å². The minimum atomic E-state index is 0.506.